The van der Waals surface area contributed by atoms with Crippen molar-refractivity contribution >= 4 is 16.8 Å². The van der Waals surface area contributed by atoms with Crippen molar-refractivity contribution in [2.45, 2.75) is 33.6 Å². The van der Waals surface area contributed by atoms with E-state index in [1.54, 1.807) is 0 Å². The fourth-order valence-electron chi connectivity index (χ4n) is 3.65. The highest BCUT2D eigenvalue weighted by Crippen LogP contribution is 2.14. The molecule has 5 nitrogen and oxygen atoms in total. The Morgan fingerprint density at radius 1 is 1.15 bits per heavy atom. The van der Waals surface area contributed by atoms with E-state index in [2.05, 4.69) is 29.8 Å². The van der Waals surface area contributed by atoms with Gasteiger partial charge in [0.2, 0.25) is 5.91 Å². The minimum absolute atomic E-state index is 0.0871. The van der Waals surface area contributed by atoms with Crippen molar-refractivity contribution in [3.05, 3.63) is 45.7 Å². The zero-order valence-corrected chi connectivity index (χ0v) is 16.0. The molecule has 0 unspecified atom stereocenters. The zero-order chi connectivity index (χ0) is 18.7. The highest BCUT2D eigenvalue weighted by Gasteiger charge is 2.21. The number of carbonyl (C=O) groups excluding carboxylic acids is 1. The van der Waals surface area contributed by atoms with Crippen LogP contribution in [0.1, 0.15) is 31.4 Å². The molecule has 0 atom stereocenters. The van der Waals surface area contributed by atoms with Gasteiger partial charge in [0, 0.05) is 50.2 Å². The lowest BCUT2D eigenvalue weighted by Crippen LogP contribution is -2.49. The summed E-state index contributed by atoms with van der Waals surface area (Å²) in [5.74, 6) is 0.804. The van der Waals surface area contributed by atoms with Crippen LogP contribution in [-0.2, 0) is 11.2 Å². The predicted octanol–water partition coefficient (Wildman–Crippen LogP) is 2.57. The number of nitrogens with one attached hydrogen (secondary N) is 1. The molecule has 0 bridgehead atoms. The molecule has 1 aliphatic heterocycles. The number of nitrogens with zero attached hydrogens (tertiary/aromatic N) is 2. The van der Waals surface area contributed by atoms with Crippen molar-refractivity contribution in [1.29, 1.82) is 0 Å². The first kappa shape index (κ1) is 18.6. The summed E-state index contributed by atoms with van der Waals surface area (Å²) < 4.78 is 0. The lowest BCUT2D eigenvalue weighted by molar-refractivity contribution is -0.132. The lowest BCUT2D eigenvalue weighted by atomic mass is 10.1. The van der Waals surface area contributed by atoms with Crippen LogP contribution in [0.25, 0.3) is 10.9 Å². The molecule has 1 N–H and O–H groups in total. The van der Waals surface area contributed by atoms with Crippen molar-refractivity contribution in [1.82, 2.24) is 14.8 Å². The van der Waals surface area contributed by atoms with Crippen molar-refractivity contribution in [3.63, 3.8) is 0 Å². The van der Waals surface area contributed by atoms with Crippen LogP contribution in [0.2, 0.25) is 0 Å². The SMILES string of the molecule is Cc1ccc2[nH]c(=O)c(CCC(=O)N3CCN(CC(C)C)CC3)cc2c1. The van der Waals surface area contributed by atoms with Gasteiger partial charge in [0.15, 0.2) is 0 Å². The number of amides is 1. The summed E-state index contributed by atoms with van der Waals surface area (Å²) in [5.41, 5.74) is 2.61. The molecule has 1 aromatic carbocycles. The molecule has 0 saturated carbocycles. The van der Waals surface area contributed by atoms with Gasteiger partial charge in [0.05, 0.1) is 0 Å². The van der Waals surface area contributed by atoms with E-state index in [0.29, 0.717) is 24.3 Å². The molecule has 0 aliphatic carbocycles. The fraction of sp³-hybridized carbons (Fsp3) is 0.524. The largest absolute Gasteiger partial charge is 0.340 e. The molecule has 1 aliphatic rings. The average Bonchev–Trinajstić information content (AvgIpc) is 2.60. The number of H-pyrrole nitrogens is 1. The van der Waals surface area contributed by atoms with Gasteiger partial charge >= 0.3 is 0 Å². The number of pyridine rings is 1. The van der Waals surface area contributed by atoms with Crippen LogP contribution in [0.4, 0.5) is 0 Å². The standard InChI is InChI=1S/C21H29N3O2/c1-15(2)14-23-8-10-24(11-9-23)20(25)7-5-17-13-18-12-16(3)4-6-19(18)22-21(17)26/h4,6,12-13,15H,5,7-11,14H2,1-3H3,(H,22,26). The van der Waals surface area contributed by atoms with Crippen LogP contribution in [-0.4, -0.2) is 53.4 Å². The Hall–Kier alpha value is -2.14. The summed E-state index contributed by atoms with van der Waals surface area (Å²) in [6.45, 7) is 11.0. The van der Waals surface area contributed by atoms with Gasteiger partial charge in [0.1, 0.15) is 0 Å². The third-order valence-corrected chi connectivity index (χ3v) is 5.03. The summed E-state index contributed by atoms with van der Waals surface area (Å²) in [7, 11) is 0. The van der Waals surface area contributed by atoms with E-state index in [9.17, 15) is 9.59 Å². The molecule has 3 rings (SSSR count). The van der Waals surface area contributed by atoms with E-state index in [4.69, 9.17) is 0 Å². The third-order valence-electron chi connectivity index (χ3n) is 5.03. The third kappa shape index (κ3) is 4.52. The second kappa shape index (κ2) is 8.04. The first-order chi connectivity index (χ1) is 12.4. The van der Waals surface area contributed by atoms with E-state index >= 15 is 0 Å². The molecule has 140 valence electrons. The minimum atomic E-state index is -0.0871. The Kier molecular flexibility index (Phi) is 5.77. The van der Waals surface area contributed by atoms with Gasteiger partial charge in [-0.15, -0.1) is 0 Å². The number of aromatic amines is 1. The molecule has 0 spiro atoms. The first-order valence-electron chi connectivity index (χ1n) is 9.55. The lowest BCUT2D eigenvalue weighted by Gasteiger charge is -2.35. The van der Waals surface area contributed by atoms with E-state index in [1.807, 2.05) is 30.0 Å². The van der Waals surface area contributed by atoms with Gasteiger partial charge in [-0.2, -0.15) is 0 Å². The summed E-state index contributed by atoms with van der Waals surface area (Å²) >= 11 is 0. The van der Waals surface area contributed by atoms with Gasteiger partial charge in [-0.25, -0.2) is 0 Å². The number of piperazine rings is 1. The monoisotopic (exact) mass is 355 g/mol. The Morgan fingerprint density at radius 2 is 1.88 bits per heavy atom. The molecule has 1 saturated heterocycles. The van der Waals surface area contributed by atoms with Gasteiger partial charge in [-0.1, -0.05) is 25.5 Å². The number of carbonyl (C=O) groups is 1. The number of aryl methyl sites for hydroxylation is 2. The normalized spacial score (nSPS) is 15.8. The van der Waals surface area contributed by atoms with E-state index in [-0.39, 0.29) is 11.5 Å². The maximum Gasteiger partial charge on any atom is 0.251 e. The highest BCUT2D eigenvalue weighted by atomic mass is 16.2. The number of hydrogen-bond donors (Lipinski definition) is 1. The molecule has 2 heterocycles. The van der Waals surface area contributed by atoms with Crippen molar-refractivity contribution < 1.29 is 4.79 Å². The zero-order valence-electron chi connectivity index (χ0n) is 16.0. The maximum absolute atomic E-state index is 12.5. The number of fused-ring (bicyclic) bond motifs is 1. The van der Waals surface area contributed by atoms with Crippen LogP contribution in [0, 0.1) is 12.8 Å². The number of hydrogen-bond acceptors (Lipinski definition) is 3. The molecular formula is C21H29N3O2. The van der Waals surface area contributed by atoms with Crippen molar-refractivity contribution in [2.75, 3.05) is 32.7 Å². The van der Waals surface area contributed by atoms with Gasteiger partial charge < -0.3 is 9.88 Å². The Labute approximate surface area is 155 Å². The smallest absolute Gasteiger partial charge is 0.251 e. The summed E-state index contributed by atoms with van der Waals surface area (Å²) in [5, 5.41) is 1.02. The number of aromatic nitrogens is 1. The number of benzene rings is 1. The predicted molar refractivity (Wildman–Crippen MR) is 105 cm³/mol. The average molecular weight is 355 g/mol. The van der Waals surface area contributed by atoms with Crippen LogP contribution in [0.5, 0.6) is 0 Å². The first-order valence-corrected chi connectivity index (χ1v) is 9.55. The molecule has 0 radical (unpaired) electrons. The molecule has 1 amide bonds. The molecular weight excluding hydrogens is 326 g/mol. The maximum atomic E-state index is 12.5. The Bertz CT molecular complexity index is 833. The second-order valence-electron chi connectivity index (χ2n) is 7.79. The van der Waals surface area contributed by atoms with E-state index in [1.165, 1.54) is 0 Å². The van der Waals surface area contributed by atoms with Gasteiger partial charge in [-0.05, 0) is 42.8 Å². The summed E-state index contributed by atoms with van der Waals surface area (Å²) in [4.78, 5) is 32.1. The molecule has 1 aromatic heterocycles. The van der Waals surface area contributed by atoms with E-state index < -0.39 is 0 Å². The Morgan fingerprint density at radius 3 is 2.58 bits per heavy atom. The molecule has 2 aromatic rings. The van der Waals surface area contributed by atoms with Crippen molar-refractivity contribution in [3.8, 4) is 0 Å². The molecule has 5 heteroatoms. The topological polar surface area (TPSA) is 56.4 Å². The quantitative estimate of drug-likeness (QED) is 0.897. The second-order valence-corrected chi connectivity index (χ2v) is 7.79. The van der Waals surface area contributed by atoms with Crippen LogP contribution in [0.15, 0.2) is 29.1 Å². The summed E-state index contributed by atoms with van der Waals surface area (Å²) in [6, 6.07) is 7.90. The highest BCUT2D eigenvalue weighted by molar-refractivity contribution is 5.80. The van der Waals surface area contributed by atoms with Crippen LogP contribution < -0.4 is 5.56 Å². The van der Waals surface area contributed by atoms with E-state index in [0.717, 1.165) is 49.2 Å². The van der Waals surface area contributed by atoms with Gasteiger partial charge in [-0.3, -0.25) is 14.5 Å². The minimum Gasteiger partial charge on any atom is -0.340 e. The van der Waals surface area contributed by atoms with Crippen LogP contribution >= 0.6 is 0 Å². The van der Waals surface area contributed by atoms with Crippen LogP contribution in [0.3, 0.4) is 0 Å². The fourth-order valence-corrected chi connectivity index (χ4v) is 3.65. The van der Waals surface area contributed by atoms with Gasteiger partial charge in [0.25, 0.3) is 5.56 Å². The summed E-state index contributed by atoms with van der Waals surface area (Å²) in [6.07, 6.45) is 0.884. The molecule has 26 heavy (non-hydrogen) atoms. The van der Waals surface area contributed by atoms with Crippen molar-refractivity contribution in [2.24, 2.45) is 5.92 Å². The Balaban J connectivity index is 1.59. The molecule has 1 fully saturated rings. The number of rotatable bonds is 5.